The molecule has 0 aromatic heterocycles. The van der Waals surface area contributed by atoms with E-state index in [2.05, 4.69) is 10.2 Å². The summed E-state index contributed by atoms with van der Waals surface area (Å²) in [5.74, 6) is -1.05. The van der Waals surface area contributed by atoms with Crippen molar-refractivity contribution in [2.24, 2.45) is 0 Å². The third-order valence-corrected chi connectivity index (χ3v) is 4.98. The van der Waals surface area contributed by atoms with Crippen molar-refractivity contribution < 1.29 is 18.3 Å². The van der Waals surface area contributed by atoms with Crippen LogP contribution < -0.4 is 5.32 Å². The van der Waals surface area contributed by atoms with Crippen LogP contribution in [0, 0.1) is 11.6 Å². The van der Waals surface area contributed by atoms with E-state index in [4.69, 9.17) is 4.74 Å². The lowest BCUT2D eigenvalue weighted by molar-refractivity contribution is -0.147. The van der Waals surface area contributed by atoms with Gasteiger partial charge in [0, 0.05) is 56.9 Å². The summed E-state index contributed by atoms with van der Waals surface area (Å²) in [4.78, 5) is 16.5. The first-order chi connectivity index (χ1) is 12.1. The van der Waals surface area contributed by atoms with E-state index >= 15 is 0 Å². The average molecular weight is 353 g/mol. The number of nitrogens with zero attached hydrogens (tertiary/aromatic N) is 2. The van der Waals surface area contributed by atoms with Crippen LogP contribution in [0.3, 0.4) is 0 Å². The van der Waals surface area contributed by atoms with E-state index in [-0.39, 0.29) is 11.9 Å². The third kappa shape index (κ3) is 4.16. The van der Waals surface area contributed by atoms with E-state index in [1.807, 2.05) is 11.8 Å². The molecule has 2 fully saturated rings. The molecule has 0 radical (unpaired) electrons. The monoisotopic (exact) mass is 353 g/mol. The fourth-order valence-electron chi connectivity index (χ4n) is 3.63. The van der Waals surface area contributed by atoms with Crippen LogP contribution in [0.25, 0.3) is 0 Å². The molecule has 0 spiro atoms. The van der Waals surface area contributed by atoms with Gasteiger partial charge in [-0.1, -0.05) is 13.0 Å². The largest absolute Gasteiger partial charge is 0.366 e. The van der Waals surface area contributed by atoms with E-state index in [1.165, 1.54) is 12.1 Å². The zero-order valence-electron chi connectivity index (χ0n) is 14.5. The second kappa shape index (κ2) is 8.21. The molecule has 2 atom stereocenters. The molecular formula is C18H25F2N3O2. The topological polar surface area (TPSA) is 44.8 Å². The van der Waals surface area contributed by atoms with Crippen molar-refractivity contribution in [1.29, 1.82) is 0 Å². The molecule has 7 heteroatoms. The van der Waals surface area contributed by atoms with Crippen LogP contribution in [0.1, 0.15) is 24.9 Å². The standard InChI is InChI=1S/C18H25F2N3O2/c1-2-16(14-4-3-13(19)11-15(14)20)22-6-8-23(9-7-22)18(24)17-12-21-5-10-25-17/h3-4,11,16-17,21H,2,5-10,12H2,1H3. The molecule has 2 aliphatic rings. The summed E-state index contributed by atoms with van der Waals surface area (Å²) >= 11 is 0. The minimum absolute atomic E-state index is 0.0212. The van der Waals surface area contributed by atoms with Gasteiger partial charge >= 0.3 is 0 Å². The first-order valence-electron chi connectivity index (χ1n) is 8.90. The molecule has 2 unspecified atom stereocenters. The number of carbonyl (C=O) groups is 1. The molecule has 138 valence electrons. The Bertz CT molecular complexity index is 600. The Hall–Kier alpha value is -1.57. The number of hydrogen-bond acceptors (Lipinski definition) is 4. The molecule has 0 bridgehead atoms. The number of amides is 1. The van der Waals surface area contributed by atoms with Crippen molar-refractivity contribution in [3.8, 4) is 0 Å². The van der Waals surface area contributed by atoms with Gasteiger partial charge in [0.25, 0.3) is 5.91 Å². The molecule has 1 aromatic carbocycles. The van der Waals surface area contributed by atoms with Crippen LogP contribution in [-0.2, 0) is 9.53 Å². The van der Waals surface area contributed by atoms with Crippen molar-refractivity contribution in [3.05, 3.63) is 35.4 Å². The van der Waals surface area contributed by atoms with Crippen LogP contribution >= 0.6 is 0 Å². The van der Waals surface area contributed by atoms with Gasteiger partial charge in [-0.2, -0.15) is 0 Å². The molecule has 0 aliphatic carbocycles. The maximum Gasteiger partial charge on any atom is 0.253 e. The molecular weight excluding hydrogens is 328 g/mol. The fourth-order valence-corrected chi connectivity index (χ4v) is 3.63. The van der Waals surface area contributed by atoms with E-state index < -0.39 is 17.7 Å². The summed E-state index contributed by atoms with van der Waals surface area (Å²) in [6.07, 6.45) is 0.323. The number of rotatable bonds is 4. The SMILES string of the molecule is CCC(c1ccc(F)cc1F)N1CCN(C(=O)C2CNCCO2)CC1. The number of piperazine rings is 1. The van der Waals surface area contributed by atoms with Gasteiger partial charge in [-0.05, 0) is 12.5 Å². The Balaban J connectivity index is 1.61. The second-order valence-electron chi connectivity index (χ2n) is 6.51. The van der Waals surface area contributed by atoms with Gasteiger partial charge < -0.3 is 15.0 Å². The second-order valence-corrected chi connectivity index (χ2v) is 6.51. The summed E-state index contributed by atoms with van der Waals surface area (Å²) in [7, 11) is 0. The van der Waals surface area contributed by atoms with Crippen molar-refractivity contribution in [3.63, 3.8) is 0 Å². The molecule has 1 amide bonds. The van der Waals surface area contributed by atoms with Crippen LogP contribution in [0.4, 0.5) is 8.78 Å². The zero-order chi connectivity index (χ0) is 17.8. The van der Waals surface area contributed by atoms with Crippen molar-refractivity contribution in [2.45, 2.75) is 25.5 Å². The van der Waals surface area contributed by atoms with Crippen LogP contribution in [0.2, 0.25) is 0 Å². The highest BCUT2D eigenvalue weighted by molar-refractivity contribution is 5.81. The molecule has 2 aliphatic heterocycles. The summed E-state index contributed by atoms with van der Waals surface area (Å²) in [6, 6.07) is 3.66. The predicted octanol–water partition coefficient (Wildman–Crippen LogP) is 1.55. The van der Waals surface area contributed by atoms with E-state index in [1.54, 1.807) is 0 Å². The summed E-state index contributed by atoms with van der Waals surface area (Å²) < 4.78 is 32.8. The van der Waals surface area contributed by atoms with E-state index in [9.17, 15) is 13.6 Å². The summed E-state index contributed by atoms with van der Waals surface area (Å²) in [5.41, 5.74) is 0.517. The average Bonchev–Trinajstić information content (AvgIpc) is 2.65. The van der Waals surface area contributed by atoms with Gasteiger partial charge in [-0.15, -0.1) is 0 Å². The predicted molar refractivity (Wildman–Crippen MR) is 90.2 cm³/mol. The van der Waals surface area contributed by atoms with Crippen LogP contribution in [-0.4, -0.2) is 67.7 Å². The minimum Gasteiger partial charge on any atom is -0.366 e. The number of benzene rings is 1. The smallest absolute Gasteiger partial charge is 0.253 e. The Morgan fingerprint density at radius 1 is 1.32 bits per heavy atom. The number of carbonyl (C=O) groups excluding carboxylic acids is 1. The van der Waals surface area contributed by atoms with Gasteiger partial charge in [0.05, 0.1) is 6.61 Å². The highest BCUT2D eigenvalue weighted by Gasteiger charge is 2.31. The lowest BCUT2D eigenvalue weighted by Gasteiger charge is -2.40. The molecule has 3 rings (SSSR count). The van der Waals surface area contributed by atoms with Crippen molar-refractivity contribution in [2.75, 3.05) is 45.9 Å². The molecule has 2 heterocycles. The maximum absolute atomic E-state index is 14.1. The Kier molecular flexibility index (Phi) is 5.98. The Morgan fingerprint density at radius 3 is 2.68 bits per heavy atom. The highest BCUT2D eigenvalue weighted by Crippen LogP contribution is 2.28. The number of halogens is 2. The number of ether oxygens (including phenoxy) is 1. The number of morpholine rings is 1. The lowest BCUT2D eigenvalue weighted by Crippen LogP contribution is -2.55. The molecule has 5 nitrogen and oxygen atoms in total. The Labute approximate surface area is 146 Å². The number of nitrogens with one attached hydrogen (secondary N) is 1. The molecule has 1 aromatic rings. The minimum atomic E-state index is -0.562. The molecule has 1 N–H and O–H groups in total. The summed E-state index contributed by atoms with van der Waals surface area (Å²) in [5, 5.41) is 3.17. The van der Waals surface area contributed by atoms with Crippen LogP contribution in [0.5, 0.6) is 0 Å². The normalized spacial score (nSPS) is 23.5. The summed E-state index contributed by atoms with van der Waals surface area (Å²) in [6.45, 7) is 6.40. The first-order valence-corrected chi connectivity index (χ1v) is 8.90. The fraction of sp³-hybridized carbons (Fsp3) is 0.611. The highest BCUT2D eigenvalue weighted by atomic mass is 19.1. The van der Waals surface area contributed by atoms with Crippen molar-refractivity contribution in [1.82, 2.24) is 15.1 Å². The van der Waals surface area contributed by atoms with Gasteiger partial charge in [-0.3, -0.25) is 9.69 Å². The lowest BCUT2D eigenvalue weighted by atomic mass is 10.0. The number of hydrogen-bond donors (Lipinski definition) is 1. The van der Waals surface area contributed by atoms with Gasteiger partial charge in [0.1, 0.15) is 17.7 Å². The van der Waals surface area contributed by atoms with Crippen LogP contribution in [0.15, 0.2) is 18.2 Å². The first kappa shape index (κ1) is 18.2. The van der Waals surface area contributed by atoms with E-state index in [0.29, 0.717) is 44.9 Å². The molecule has 0 saturated carbocycles. The third-order valence-electron chi connectivity index (χ3n) is 4.98. The van der Waals surface area contributed by atoms with Gasteiger partial charge in [0.15, 0.2) is 0 Å². The van der Waals surface area contributed by atoms with Gasteiger partial charge in [0.2, 0.25) is 0 Å². The Morgan fingerprint density at radius 2 is 2.08 bits per heavy atom. The quantitative estimate of drug-likeness (QED) is 0.892. The van der Waals surface area contributed by atoms with E-state index in [0.717, 1.165) is 19.0 Å². The zero-order valence-corrected chi connectivity index (χ0v) is 14.5. The molecule has 25 heavy (non-hydrogen) atoms. The maximum atomic E-state index is 14.1. The molecule has 2 saturated heterocycles. The van der Waals surface area contributed by atoms with Crippen molar-refractivity contribution >= 4 is 5.91 Å². The van der Waals surface area contributed by atoms with Gasteiger partial charge in [-0.25, -0.2) is 8.78 Å².